The molecule has 1 aliphatic carbocycles. The smallest absolute Gasteiger partial charge is 0.0767 e. The summed E-state index contributed by atoms with van der Waals surface area (Å²) < 4.78 is 3.36. The van der Waals surface area contributed by atoms with E-state index in [0.717, 1.165) is 37.4 Å². The predicted molar refractivity (Wildman–Crippen MR) is 82.2 cm³/mol. The van der Waals surface area contributed by atoms with Gasteiger partial charge in [-0.15, -0.1) is 0 Å². The van der Waals surface area contributed by atoms with Crippen molar-refractivity contribution in [3.05, 3.63) is 15.9 Å². The molecule has 1 aromatic rings. The third kappa shape index (κ3) is 3.17. The van der Waals surface area contributed by atoms with Crippen LogP contribution in [0, 0.1) is 0 Å². The van der Waals surface area contributed by atoms with Crippen molar-refractivity contribution in [1.29, 1.82) is 0 Å². The average Bonchev–Trinajstić information content (AvgIpc) is 3.16. The van der Waals surface area contributed by atoms with Crippen LogP contribution >= 0.6 is 31.9 Å². The maximum absolute atomic E-state index is 4.67. The van der Waals surface area contributed by atoms with Gasteiger partial charge in [-0.25, -0.2) is 0 Å². The number of halogens is 2. The Morgan fingerprint density at radius 3 is 2.61 bits per heavy atom. The lowest BCUT2D eigenvalue weighted by atomic mass is 10.3. The molecule has 0 saturated heterocycles. The molecule has 0 spiro atoms. The molecule has 1 fully saturated rings. The van der Waals surface area contributed by atoms with Gasteiger partial charge in [0, 0.05) is 31.0 Å². The Morgan fingerprint density at radius 2 is 2.11 bits per heavy atom. The van der Waals surface area contributed by atoms with Crippen LogP contribution in [0.25, 0.3) is 0 Å². The Balaban J connectivity index is 2.17. The van der Waals surface area contributed by atoms with Crippen molar-refractivity contribution in [3.8, 4) is 0 Å². The zero-order valence-corrected chi connectivity index (χ0v) is 14.3. The van der Waals surface area contributed by atoms with E-state index in [1.54, 1.807) is 0 Å². The molecule has 1 aliphatic rings. The predicted octanol–water partition coefficient (Wildman–Crippen LogP) is 3.59. The molecule has 5 heteroatoms. The molecule has 102 valence electrons. The summed E-state index contributed by atoms with van der Waals surface area (Å²) in [6, 6.07) is 0.791. The van der Waals surface area contributed by atoms with E-state index in [4.69, 9.17) is 0 Å². The molecule has 1 saturated carbocycles. The quantitative estimate of drug-likeness (QED) is 0.676. The summed E-state index contributed by atoms with van der Waals surface area (Å²) in [5.41, 5.74) is 2.52. The Hall–Kier alpha value is 0.130. The first-order valence-electron chi connectivity index (χ1n) is 6.75. The lowest BCUT2D eigenvalue weighted by Crippen LogP contribution is -2.28. The van der Waals surface area contributed by atoms with Gasteiger partial charge in [-0.3, -0.25) is 9.58 Å². The molecule has 0 amide bonds. The van der Waals surface area contributed by atoms with E-state index in [1.165, 1.54) is 28.7 Å². The van der Waals surface area contributed by atoms with Crippen LogP contribution in [0.15, 0.2) is 4.47 Å². The molecule has 0 aromatic carbocycles. The Bertz CT molecular complexity index is 399. The lowest BCUT2D eigenvalue weighted by Gasteiger charge is -2.21. The van der Waals surface area contributed by atoms with Crippen molar-refractivity contribution in [3.63, 3.8) is 0 Å². The molecule has 0 N–H and O–H groups in total. The maximum atomic E-state index is 4.67. The number of aromatic nitrogens is 2. The van der Waals surface area contributed by atoms with E-state index in [1.807, 2.05) is 0 Å². The number of hydrogen-bond acceptors (Lipinski definition) is 2. The number of nitrogens with zero attached hydrogens (tertiary/aromatic N) is 3. The van der Waals surface area contributed by atoms with E-state index < -0.39 is 0 Å². The summed E-state index contributed by atoms with van der Waals surface area (Å²) in [5, 5.41) is 5.71. The molecule has 0 aliphatic heterocycles. The fraction of sp³-hybridized carbons (Fsp3) is 0.769. The molecule has 18 heavy (non-hydrogen) atoms. The van der Waals surface area contributed by atoms with E-state index in [2.05, 4.69) is 60.4 Å². The van der Waals surface area contributed by atoms with E-state index in [-0.39, 0.29) is 0 Å². The Labute approximate surface area is 126 Å². The summed E-state index contributed by atoms with van der Waals surface area (Å²) in [4.78, 5) is 2.57. The highest BCUT2D eigenvalue weighted by atomic mass is 79.9. The average molecular weight is 379 g/mol. The standard InChI is InChI=1S/C13H21Br2N3/c1-3-11-13(15)12(18(4-2)16-11)9-17(8-7-14)10-5-6-10/h10H,3-9H2,1-2H3. The van der Waals surface area contributed by atoms with Crippen LogP contribution in [0.1, 0.15) is 38.1 Å². The van der Waals surface area contributed by atoms with Crippen molar-refractivity contribution >= 4 is 31.9 Å². The molecule has 0 unspecified atom stereocenters. The van der Waals surface area contributed by atoms with Crippen LogP contribution in [-0.4, -0.2) is 32.6 Å². The normalized spacial score (nSPS) is 15.6. The summed E-state index contributed by atoms with van der Waals surface area (Å²) in [6.45, 7) is 7.40. The van der Waals surface area contributed by atoms with Gasteiger partial charge in [0.2, 0.25) is 0 Å². The second kappa shape index (κ2) is 6.53. The third-order valence-electron chi connectivity index (χ3n) is 3.48. The first kappa shape index (κ1) is 14.5. The molecule has 1 aromatic heterocycles. The Morgan fingerprint density at radius 1 is 1.39 bits per heavy atom. The van der Waals surface area contributed by atoms with Crippen LogP contribution in [0.2, 0.25) is 0 Å². The van der Waals surface area contributed by atoms with E-state index in [9.17, 15) is 0 Å². The highest BCUT2D eigenvalue weighted by Crippen LogP contribution is 2.31. The van der Waals surface area contributed by atoms with E-state index in [0.29, 0.717) is 0 Å². The van der Waals surface area contributed by atoms with Crippen molar-refractivity contribution in [2.75, 3.05) is 11.9 Å². The second-order valence-corrected chi connectivity index (χ2v) is 6.35. The van der Waals surface area contributed by atoms with Crippen LogP contribution in [0.5, 0.6) is 0 Å². The van der Waals surface area contributed by atoms with Crippen LogP contribution in [-0.2, 0) is 19.5 Å². The SMILES string of the molecule is CCc1nn(CC)c(CN(CCBr)C2CC2)c1Br. The molecule has 2 rings (SSSR count). The molecular formula is C13H21Br2N3. The monoisotopic (exact) mass is 377 g/mol. The fourth-order valence-electron chi connectivity index (χ4n) is 2.30. The zero-order chi connectivity index (χ0) is 13.1. The highest BCUT2D eigenvalue weighted by molar-refractivity contribution is 9.10. The van der Waals surface area contributed by atoms with Gasteiger partial charge in [0.1, 0.15) is 0 Å². The topological polar surface area (TPSA) is 21.1 Å². The first-order valence-corrected chi connectivity index (χ1v) is 8.66. The van der Waals surface area contributed by atoms with Crippen LogP contribution < -0.4 is 0 Å². The third-order valence-corrected chi connectivity index (χ3v) is 4.75. The summed E-state index contributed by atoms with van der Waals surface area (Å²) in [5.74, 6) is 0. The van der Waals surface area contributed by atoms with Crippen LogP contribution in [0.4, 0.5) is 0 Å². The summed E-state index contributed by atoms with van der Waals surface area (Å²) in [7, 11) is 0. The van der Waals surface area contributed by atoms with Crippen LogP contribution in [0.3, 0.4) is 0 Å². The van der Waals surface area contributed by atoms with Gasteiger partial charge in [0.15, 0.2) is 0 Å². The molecule has 0 atom stereocenters. The lowest BCUT2D eigenvalue weighted by molar-refractivity contribution is 0.263. The minimum absolute atomic E-state index is 0.791. The summed E-state index contributed by atoms with van der Waals surface area (Å²) in [6.07, 6.45) is 3.69. The maximum Gasteiger partial charge on any atom is 0.0767 e. The second-order valence-electron chi connectivity index (χ2n) is 4.77. The molecule has 1 heterocycles. The Kier molecular flexibility index (Phi) is 5.27. The largest absolute Gasteiger partial charge is 0.294 e. The van der Waals surface area contributed by atoms with Crippen molar-refractivity contribution in [2.45, 2.75) is 52.2 Å². The molecular weight excluding hydrogens is 358 g/mol. The van der Waals surface area contributed by atoms with Gasteiger partial charge in [0.05, 0.1) is 15.9 Å². The number of hydrogen-bond donors (Lipinski definition) is 0. The number of rotatable bonds is 7. The van der Waals surface area contributed by atoms with Crippen molar-refractivity contribution in [1.82, 2.24) is 14.7 Å². The minimum Gasteiger partial charge on any atom is -0.294 e. The fourth-order valence-corrected chi connectivity index (χ4v) is 3.44. The van der Waals surface area contributed by atoms with Gasteiger partial charge in [-0.05, 0) is 42.1 Å². The van der Waals surface area contributed by atoms with Gasteiger partial charge in [-0.1, -0.05) is 22.9 Å². The zero-order valence-electron chi connectivity index (χ0n) is 11.1. The summed E-state index contributed by atoms with van der Waals surface area (Å²) >= 11 is 7.29. The minimum atomic E-state index is 0.791. The van der Waals surface area contributed by atoms with Gasteiger partial charge < -0.3 is 0 Å². The molecule has 0 radical (unpaired) electrons. The first-order chi connectivity index (χ1) is 8.71. The van der Waals surface area contributed by atoms with Crippen molar-refractivity contribution in [2.24, 2.45) is 0 Å². The van der Waals surface area contributed by atoms with Gasteiger partial charge in [-0.2, -0.15) is 5.10 Å². The van der Waals surface area contributed by atoms with Gasteiger partial charge >= 0.3 is 0 Å². The van der Waals surface area contributed by atoms with Crippen molar-refractivity contribution < 1.29 is 0 Å². The molecule has 0 bridgehead atoms. The number of alkyl halides is 1. The van der Waals surface area contributed by atoms with E-state index >= 15 is 0 Å². The molecule has 3 nitrogen and oxygen atoms in total. The van der Waals surface area contributed by atoms with Gasteiger partial charge in [0.25, 0.3) is 0 Å². The highest BCUT2D eigenvalue weighted by Gasteiger charge is 2.30. The number of aryl methyl sites for hydroxylation is 2.